The fraction of sp³-hybridized carbons (Fsp3) is 0.333. The molecule has 0 amide bonds. The van der Waals surface area contributed by atoms with Gasteiger partial charge in [0.05, 0.1) is 21.8 Å². The minimum Gasteiger partial charge on any atom is -0.463 e. The van der Waals surface area contributed by atoms with Gasteiger partial charge in [0.25, 0.3) is 15.8 Å². The summed E-state index contributed by atoms with van der Waals surface area (Å²) in [5.74, 6) is 0.115. The summed E-state index contributed by atoms with van der Waals surface area (Å²) in [5, 5.41) is 11.2. The zero-order valence-electron chi connectivity index (χ0n) is 17.2. The van der Waals surface area contributed by atoms with Crippen LogP contribution in [0.2, 0.25) is 0 Å². The molecule has 2 aromatic rings. The maximum Gasteiger partial charge on any atom is 0.270 e. The number of nitro benzene ring substituents is 1. The van der Waals surface area contributed by atoms with Gasteiger partial charge < -0.3 is 9.64 Å². The van der Waals surface area contributed by atoms with E-state index >= 15 is 0 Å². The molecule has 0 saturated heterocycles. The molecule has 0 saturated carbocycles. The van der Waals surface area contributed by atoms with Crippen LogP contribution in [-0.2, 0) is 15.5 Å². The average Bonchev–Trinajstić information content (AvgIpc) is 2.85. The second-order valence-corrected chi connectivity index (χ2v) is 11.7. The summed E-state index contributed by atoms with van der Waals surface area (Å²) in [6.07, 6.45) is 3.86. The number of non-ortho nitro benzene ring substituents is 1. The van der Waals surface area contributed by atoms with Gasteiger partial charge >= 0.3 is 0 Å². The summed E-state index contributed by atoms with van der Waals surface area (Å²) in [6.45, 7) is 4.37. The highest BCUT2D eigenvalue weighted by molar-refractivity contribution is 9.11. The summed E-state index contributed by atoms with van der Waals surface area (Å²) in [5.41, 5.74) is 0.821. The first-order valence-corrected chi connectivity index (χ1v) is 12.9. The van der Waals surface area contributed by atoms with Crippen LogP contribution >= 0.6 is 31.9 Å². The zero-order chi connectivity index (χ0) is 23.5. The molecule has 1 atom stereocenters. The first kappa shape index (κ1) is 23.2. The number of halogens is 2. The summed E-state index contributed by atoms with van der Waals surface area (Å²) in [7, 11) is -4.11. The molecule has 0 aliphatic carbocycles. The Morgan fingerprint density at radius 1 is 1.22 bits per heavy atom. The lowest BCUT2D eigenvalue weighted by molar-refractivity contribution is -0.384. The normalized spacial score (nSPS) is 20.7. The van der Waals surface area contributed by atoms with Gasteiger partial charge in [-0.3, -0.25) is 14.7 Å². The summed E-state index contributed by atoms with van der Waals surface area (Å²) in [6, 6.07) is 8.36. The molecule has 4 rings (SSSR count). The largest absolute Gasteiger partial charge is 0.463 e. The van der Waals surface area contributed by atoms with Crippen LogP contribution in [0.5, 0.6) is 5.75 Å². The van der Waals surface area contributed by atoms with E-state index in [0.717, 1.165) is 20.2 Å². The Bertz CT molecular complexity index is 1260. The van der Waals surface area contributed by atoms with Crippen molar-refractivity contribution in [3.05, 3.63) is 66.6 Å². The lowest BCUT2D eigenvalue weighted by Gasteiger charge is -2.47. The number of nitro groups is 1. The Hall–Kier alpha value is -1.95. The van der Waals surface area contributed by atoms with Gasteiger partial charge in [-0.05, 0) is 72.1 Å². The Morgan fingerprint density at radius 2 is 1.94 bits per heavy atom. The highest BCUT2D eigenvalue weighted by atomic mass is 79.9. The van der Waals surface area contributed by atoms with Crippen molar-refractivity contribution >= 4 is 59.4 Å². The van der Waals surface area contributed by atoms with Gasteiger partial charge in [0.1, 0.15) is 5.75 Å². The van der Waals surface area contributed by atoms with Crippen molar-refractivity contribution in [2.75, 3.05) is 17.2 Å². The van der Waals surface area contributed by atoms with E-state index in [1.807, 2.05) is 37.0 Å². The highest BCUT2D eigenvalue weighted by Crippen LogP contribution is 2.57. The zero-order valence-corrected chi connectivity index (χ0v) is 21.2. The predicted octanol–water partition coefficient (Wildman–Crippen LogP) is 5.30. The van der Waals surface area contributed by atoms with Crippen LogP contribution in [0.1, 0.15) is 31.4 Å². The molecule has 1 spiro atoms. The molecule has 0 bridgehead atoms. The quantitative estimate of drug-likeness (QED) is 0.287. The molecule has 0 fully saturated rings. The minimum atomic E-state index is -4.11. The molecular formula is C21H20Br2N2O6S. The van der Waals surface area contributed by atoms with Crippen molar-refractivity contribution in [2.24, 2.45) is 0 Å². The predicted molar refractivity (Wildman–Crippen MR) is 129 cm³/mol. The summed E-state index contributed by atoms with van der Waals surface area (Å²) >= 11 is 7.18. The molecule has 2 heterocycles. The molecule has 2 aliphatic heterocycles. The Labute approximate surface area is 202 Å². The Balaban J connectivity index is 1.84. The van der Waals surface area contributed by atoms with E-state index in [0.29, 0.717) is 17.9 Å². The van der Waals surface area contributed by atoms with Gasteiger partial charge in [-0.25, -0.2) is 0 Å². The lowest BCUT2D eigenvalue weighted by Crippen LogP contribution is -2.59. The van der Waals surface area contributed by atoms with Gasteiger partial charge in [-0.15, -0.1) is 0 Å². The second-order valence-electron chi connectivity index (χ2n) is 8.31. The number of ether oxygens (including phenoxy) is 1. The Kier molecular flexibility index (Phi) is 5.68. The van der Waals surface area contributed by atoms with E-state index in [2.05, 4.69) is 31.9 Å². The van der Waals surface area contributed by atoms with Crippen LogP contribution in [0.15, 0.2) is 45.4 Å². The average molecular weight is 588 g/mol. The van der Waals surface area contributed by atoms with Crippen molar-refractivity contribution in [3.8, 4) is 5.75 Å². The van der Waals surface area contributed by atoms with Crippen LogP contribution in [-0.4, -0.2) is 35.9 Å². The molecule has 8 nitrogen and oxygen atoms in total. The van der Waals surface area contributed by atoms with Crippen molar-refractivity contribution in [2.45, 2.75) is 31.4 Å². The monoisotopic (exact) mass is 586 g/mol. The van der Waals surface area contributed by atoms with Gasteiger partial charge in [0.15, 0.2) is 0 Å². The first-order chi connectivity index (χ1) is 14.9. The minimum absolute atomic E-state index is 0.0291. The third-order valence-electron chi connectivity index (χ3n) is 6.01. The molecule has 32 heavy (non-hydrogen) atoms. The summed E-state index contributed by atoms with van der Waals surface area (Å²) < 4.78 is 40.1. The summed E-state index contributed by atoms with van der Waals surface area (Å²) in [4.78, 5) is 12.7. The topological polar surface area (TPSA) is 110 Å². The maximum absolute atomic E-state index is 11.3. The molecule has 0 radical (unpaired) electrons. The van der Waals surface area contributed by atoms with Gasteiger partial charge in [-0.1, -0.05) is 15.9 Å². The SMILES string of the molecule is CC1(C)c2cc(Br)cc(Br)c2N(CCCS(=O)(=O)O)C12C=Cc1cc([N+](=O)[O-])ccc1O2. The van der Waals surface area contributed by atoms with Crippen LogP contribution in [0.3, 0.4) is 0 Å². The molecule has 1 N–H and O–H groups in total. The number of hydrogen-bond acceptors (Lipinski definition) is 6. The van der Waals surface area contributed by atoms with E-state index < -0.39 is 26.2 Å². The number of fused-ring (bicyclic) bond motifs is 2. The fourth-order valence-electron chi connectivity index (χ4n) is 4.45. The Morgan fingerprint density at radius 3 is 2.59 bits per heavy atom. The van der Waals surface area contributed by atoms with Crippen LogP contribution in [0.4, 0.5) is 11.4 Å². The molecule has 11 heteroatoms. The van der Waals surface area contributed by atoms with E-state index in [1.165, 1.54) is 12.1 Å². The molecule has 2 aromatic carbocycles. The van der Waals surface area contributed by atoms with Crippen LogP contribution in [0, 0.1) is 10.1 Å². The number of hydrogen-bond donors (Lipinski definition) is 1. The van der Waals surface area contributed by atoms with Crippen molar-refractivity contribution in [1.82, 2.24) is 0 Å². The lowest BCUT2D eigenvalue weighted by atomic mass is 9.76. The molecule has 1 unspecified atom stereocenters. The van der Waals surface area contributed by atoms with Gasteiger partial charge in [-0.2, -0.15) is 8.42 Å². The molecule has 0 aromatic heterocycles. The van der Waals surface area contributed by atoms with E-state index in [1.54, 1.807) is 12.1 Å². The molecule has 170 valence electrons. The van der Waals surface area contributed by atoms with Gasteiger partial charge in [0, 0.05) is 33.2 Å². The number of nitrogens with zero attached hydrogens (tertiary/aromatic N) is 2. The van der Waals surface area contributed by atoms with Crippen LogP contribution in [0.25, 0.3) is 6.08 Å². The standard InChI is InChI=1S/C21H20Br2N2O6S/c1-20(2)16-11-14(22)12-17(23)19(16)24(8-3-9-32(28,29)30)21(20)7-6-13-10-15(25(26)27)4-5-18(13)31-21/h4-7,10-12H,3,8-9H2,1-2H3,(H,28,29,30). The number of anilines is 1. The first-order valence-electron chi connectivity index (χ1n) is 9.75. The molecular weight excluding hydrogens is 568 g/mol. The number of benzene rings is 2. The fourth-order valence-corrected chi connectivity index (χ4v) is 6.39. The highest BCUT2D eigenvalue weighted by Gasteiger charge is 2.59. The van der Waals surface area contributed by atoms with Crippen molar-refractivity contribution in [3.63, 3.8) is 0 Å². The number of rotatable bonds is 5. The smallest absolute Gasteiger partial charge is 0.270 e. The third-order valence-corrected chi connectivity index (χ3v) is 7.88. The second kappa shape index (κ2) is 7.82. The maximum atomic E-state index is 11.3. The molecule has 2 aliphatic rings. The van der Waals surface area contributed by atoms with Gasteiger partial charge in [0.2, 0.25) is 5.72 Å². The van der Waals surface area contributed by atoms with E-state index in [9.17, 15) is 23.1 Å². The van der Waals surface area contributed by atoms with Crippen LogP contribution < -0.4 is 9.64 Å². The third kappa shape index (κ3) is 3.74. The van der Waals surface area contributed by atoms with E-state index in [-0.39, 0.29) is 17.9 Å². The van der Waals surface area contributed by atoms with Crippen molar-refractivity contribution < 1.29 is 22.6 Å². The van der Waals surface area contributed by atoms with E-state index in [4.69, 9.17) is 4.74 Å². The van der Waals surface area contributed by atoms with Crippen molar-refractivity contribution in [1.29, 1.82) is 0 Å².